The lowest BCUT2D eigenvalue weighted by Crippen LogP contribution is -2.45. The van der Waals surface area contributed by atoms with Crippen LogP contribution in [0.5, 0.6) is 0 Å². The number of rotatable bonds is 6. The molecule has 2 bridgehead atoms. The zero-order valence-corrected chi connectivity index (χ0v) is 23.3. The Morgan fingerprint density at radius 3 is 2.58 bits per heavy atom. The Morgan fingerprint density at radius 2 is 1.95 bits per heavy atom. The van der Waals surface area contributed by atoms with Crippen LogP contribution in [0.2, 0.25) is 0 Å². The lowest BCUT2D eigenvalue weighted by Gasteiger charge is -2.44. The van der Waals surface area contributed by atoms with Crippen molar-refractivity contribution >= 4 is 22.7 Å². The van der Waals surface area contributed by atoms with Gasteiger partial charge in [-0.15, -0.1) is 0 Å². The molecule has 6 heteroatoms. The summed E-state index contributed by atoms with van der Waals surface area (Å²) in [6.07, 6.45) is 14.4. The first-order valence-corrected chi connectivity index (χ1v) is 13.7. The lowest BCUT2D eigenvalue weighted by atomic mass is 9.76. The van der Waals surface area contributed by atoms with E-state index in [9.17, 15) is 4.79 Å². The van der Waals surface area contributed by atoms with E-state index in [0.717, 1.165) is 42.5 Å². The van der Waals surface area contributed by atoms with E-state index >= 15 is 0 Å². The van der Waals surface area contributed by atoms with E-state index in [1.165, 1.54) is 17.3 Å². The number of aromatic nitrogens is 2. The number of ether oxygens (including phenoxy) is 1. The molecule has 1 aromatic heterocycles. The van der Waals surface area contributed by atoms with Crippen molar-refractivity contribution in [3.63, 3.8) is 0 Å². The van der Waals surface area contributed by atoms with Gasteiger partial charge in [0.15, 0.2) is 5.82 Å². The third kappa shape index (κ3) is 4.65. The summed E-state index contributed by atoms with van der Waals surface area (Å²) in [4.78, 5) is 19.9. The fraction of sp³-hybridized carbons (Fsp3) is 0.469. The van der Waals surface area contributed by atoms with Gasteiger partial charge in [0.05, 0.1) is 11.8 Å². The van der Waals surface area contributed by atoms with Crippen LogP contribution in [0.15, 0.2) is 48.7 Å². The van der Waals surface area contributed by atoms with Gasteiger partial charge in [-0.25, -0.2) is 4.98 Å². The maximum atomic E-state index is 13.0. The van der Waals surface area contributed by atoms with Gasteiger partial charge in [0.2, 0.25) is 0 Å². The van der Waals surface area contributed by atoms with Gasteiger partial charge in [0, 0.05) is 17.7 Å². The van der Waals surface area contributed by atoms with Gasteiger partial charge in [-0.05, 0) is 77.5 Å². The van der Waals surface area contributed by atoms with E-state index in [-0.39, 0.29) is 28.4 Å². The number of imidazole rings is 1. The molecule has 2 atom stereocenters. The van der Waals surface area contributed by atoms with Gasteiger partial charge < -0.3 is 15.0 Å². The average Bonchev–Trinajstić information content (AvgIpc) is 3.48. The quantitative estimate of drug-likeness (QED) is 0.399. The normalized spacial score (nSPS) is 25.8. The van der Waals surface area contributed by atoms with Crippen LogP contribution in [0.3, 0.4) is 0 Å². The number of nitrogens with zero attached hydrogens (tertiary/aromatic N) is 2. The molecule has 2 aliphatic heterocycles. The molecule has 2 unspecified atom stereocenters. The first-order chi connectivity index (χ1) is 18.0. The Kier molecular flexibility index (Phi) is 6.47. The van der Waals surface area contributed by atoms with Crippen LogP contribution in [0.1, 0.15) is 94.7 Å². The number of H-pyrrole nitrogens is 1. The number of nitriles is 1. The molecule has 1 aromatic carbocycles. The van der Waals surface area contributed by atoms with Crippen molar-refractivity contribution in [1.82, 2.24) is 9.97 Å². The first-order valence-electron chi connectivity index (χ1n) is 13.7. The number of carbonyl (C=O) groups is 1. The molecule has 198 valence electrons. The molecule has 2 aromatic rings. The third-order valence-corrected chi connectivity index (χ3v) is 8.61. The molecule has 0 radical (unpaired) electrons. The second kappa shape index (κ2) is 9.39. The molecule has 0 saturated carbocycles. The van der Waals surface area contributed by atoms with Gasteiger partial charge in [-0.3, -0.25) is 4.79 Å². The molecule has 1 amide bonds. The van der Waals surface area contributed by atoms with E-state index in [2.05, 4.69) is 93.3 Å². The van der Waals surface area contributed by atoms with E-state index in [1.54, 1.807) is 0 Å². The minimum Gasteiger partial charge on any atom is -0.355 e. The van der Waals surface area contributed by atoms with Crippen LogP contribution in [-0.4, -0.2) is 27.1 Å². The van der Waals surface area contributed by atoms with Crippen molar-refractivity contribution < 1.29 is 9.53 Å². The first kappa shape index (κ1) is 26.2. The summed E-state index contributed by atoms with van der Waals surface area (Å²) < 4.78 is 6.76. The van der Waals surface area contributed by atoms with Crippen molar-refractivity contribution in [2.75, 3.05) is 5.32 Å². The summed E-state index contributed by atoms with van der Waals surface area (Å²) in [5.74, 6) is 0.420. The molecule has 38 heavy (non-hydrogen) atoms. The molecule has 3 heterocycles. The molecule has 2 N–H and O–H groups in total. The average molecular weight is 511 g/mol. The SMILES string of the molecule is CC(C)C12C=CC(C(C)C)(CC(c3ccc(NC(=O)c4ncc(C#N)[nH]4)c(C4=CCC(C)(C)CC4)c3)=C1)O2. The van der Waals surface area contributed by atoms with Crippen LogP contribution in [0.4, 0.5) is 5.69 Å². The highest BCUT2D eigenvalue weighted by Gasteiger charge is 2.50. The largest absolute Gasteiger partial charge is 0.355 e. The predicted molar refractivity (Wildman–Crippen MR) is 151 cm³/mol. The summed E-state index contributed by atoms with van der Waals surface area (Å²) in [5.41, 5.74) is 5.31. The number of amides is 1. The van der Waals surface area contributed by atoms with Crippen LogP contribution in [0, 0.1) is 28.6 Å². The molecule has 0 fully saturated rings. The molecule has 1 aliphatic carbocycles. The Labute approximate surface area is 225 Å². The van der Waals surface area contributed by atoms with E-state index in [1.807, 2.05) is 12.1 Å². The maximum absolute atomic E-state index is 13.0. The zero-order valence-electron chi connectivity index (χ0n) is 23.3. The number of benzene rings is 1. The lowest BCUT2D eigenvalue weighted by molar-refractivity contribution is -0.110. The smallest absolute Gasteiger partial charge is 0.291 e. The van der Waals surface area contributed by atoms with E-state index in [0.29, 0.717) is 11.8 Å². The number of aromatic amines is 1. The Balaban J connectivity index is 1.55. The van der Waals surface area contributed by atoms with Crippen molar-refractivity contribution in [3.8, 4) is 6.07 Å². The van der Waals surface area contributed by atoms with Gasteiger partial charge in [0.1, 0.15) is 17.4 Å². The Morgan fingerprint density at radius 1 is 1.16 bits per heavy atom. The molecule has 5 rings (SSSR count). The fourth-order valence-electron chi connectivity index (χ4n) is 5.75. The maximum Gasteiger partial charge on any atom is 0.291 e. The minimum atomic E-state index is -0.406. The Hall–Kier alpha value is -3.43. The van der Waals surface area contributed by atoms with Crippen molar-refractivity contribution in [1.29, 1.82) is 5.26 Å². The fourth-order valence-corrected chi connectivity index (χ4v) is 5.75. The van der Waals surface area contributed by atoms with Gasteiger partial charge >= 0.3 is 0 Å². The second-order valence-electron chi connectivity index (χ2n) is 12.5. The van der Waals surface area contributed by atoms with E-state index in [4.69, 9.17) is 10.00 Å². The summed E-state index contributed by atoms with van der Waals surface area (Å²) in [5, 5.41) is 12.2. The minimum absolute atomic E-state index is 0.128. The summed E-state index contributed by atoms with van der Waals surface area (Å²) >= 11 is 0. The third-order valence-electron chi connectivity index (χ3n) is 8.61. The molecule has 3 aliphatic rings. The molecule has 6 nitrogen and oxygen atoms in total. The number of anilines is 1. The molecular formula is C32H38N4O2. The van der Waals surface area contributed by atoms with Crippen LogP contribution in [0.25, 0.3) is 11.1 Å². The number of carbonyl (C=O) groups excluding carboxylic acids is 1. The number of fused-ring (bicyclic) bond motifs is 2. The zero-order chi connectivity index (χ0) is 27.3. The van der Waals surface area contributed by atoms with Crippen LogP contribution in [-0.2, 0) is 4.74 Å². The molecule has 0 spiro atoms. The number of hydrogen-bond donors (Lipinski definition) is 2. The monoisotopic (exact) mass is 510 g/mol. The number of hydrogen-bond acceptors (Lipinski definition) is 4. The van der Waals surface area contributed by atoms with Crippen LogP contribution >= 0.6 is 0 Å². The topological polar surface area (TPSA) is 90.8 Å². The predicted octanol–water partition coefficient (Wildman–Crippen LogP) is 7.29. The van der Waals surface area contributed by atoms with Crippen molar-refractivity contribution in [3.05, 3.63) is 71.3 Å². The van der Waals surface area contributed by atoms with E-state index < -0.39 is 5.60 Å². The van der Waals surface area contributed by atoms with Gasteiger partial charge in [-0.1, -0.05) is 59.8 Å². The summed E-state index contributed by atoms with van der Waals surface area (Å²) in [6.45, 7) is 13.5. The van der Waals surface area contributed by atoms with Crippen molar-refractivity contribution in [2.45, 2.75) is 78.4 Å². The highest BCUT2D eigenvalue weighted by Crippen LogP contribution is 2.51. The van der Waals surface area contributed by atoms with Crippen molar-refractivity contribution in [2.24, 2.45) is 17.3 Å². The molecule has 0 saturated heterocycles. The highest BCUT2D eigenvalue weighted by molar-refractivity contribution is 6.03. The van der Waals surface area contributed by atoms with Gasteiger partial charge in [-0.2, -0.15) is 5.26 Å². The number of allylic oxidation sites excluding steroid dienone is 2. The molecular weight excluding hydrogens is 472 g/mol. The van der Waals surface area contributed by atoms with Gasteiger partial charge in [0.25, 0.3) is 5.91 Å². The Bertz CT molecular complexity index is 1400. The summed E-state index contributed by atoms with van der Waals surface area (Å²) in [7, 11) is 0. The summed E-state index contributed by atoms with van der Waals surface area (Å²) in [6, 6.07) is 8.34. The number of nitrogens with one attached hydrogen (secondary N) is 2. The van der Waals surface area contributed by atoms with Crippen LogP contribution < -0.4 is 5.32 Å². The standard InChI is InChI=1S/C32H38N4O2/c1-20(2)31-13-14-32(38-31,21(3)4)17-24(16-31)23-7-8-27(36-29(37)28-34-19-25(18-33)35-28)26(15-23)22-9-11-30(5,6)12-10-22/h7-9,13-16,19-21H,10-12,17H2,1-6H3,(H,34,35)(H,36,37). The highest BCUT2D eigenvalue weighted by atomic mass is 16.5. The second-order valence-corrected chi connectivity index (χ2v) is 12.5.